The Morgan fingerprint density at radius 3 is 2.63 bits per heavy atom. The van der Waals surface area contributed by atoms with E-state index in [-0.39, 0.29) is 11.6 Å². The zero-order valence-electron chi connectivity index (χ0n) is 16.1. The van der Waals surface area contributed by atoms with Gasteiger partial charge in [0, 0.05) is 17.8 Å². The molecular weight excluding hydrogens is 340 g/mol. The van der Waals surface area contributed by atoms with Crippen LogP contribution >= 0.6 is 0 Å². The largest absolute Gasteiger partial charge is 0.383 e. The van der Waals surface area contributed by atoms with E-state index in [2.05, 4.69) is 17.1 Å². The Balaban J connectivity index is 1.81. The van der Waals surface area contributed by atoms with Crippen LogP contribution in [0.5, 0.6) is 0 Å². The highest BCUT2D eigenvalue weighted by Crippen LogP contribution is 2.39. The van der Waals surface area contributed by atoms with Gasteiger partial charge in [0.25, 0.3) is 5.56 Å². The van der Waals surface area contributed by atoms with E-state index in [1.54, 1.807) is 16.6 Å². The summed E-state index contributed by atoms with van der Waals surface area (Å²) in [5.74, 6) is 0.652. The highest BCUT2D eigenvalue weighted by atomic mass is 16.3. The molecule has 1 aliphatic carbocycles. The average Bonchev–Trinajstić information content (AvgIpc) is 3.10. The van der Waals surface area contributed by atoms with Gasteiger partial charge in [-0.05, 0) is 69.7 Å². The number of aliphatic hydroxyl groups is 1. The maximum absolute atomic E-state index is 12.0. The lowest BCUT2D eigenvalue weighted by atomic mass is 9.78. The van der Waals surface area contributed by atoms with Crippen LogP contribution in [-0.2, 0) is 5.60 Å². The molecule has 0 aliphatic heterocycles. The van der Waals surface area contributed by atoms with E-state index in [0.29, 0.717) is 5.92 Å². The normalized spacial score (nSPS) is 23.2. The number of rotatable bonds is 3. The van der Waals surface area contributed by atoms with Gasteiger partial charge in [-0.1, -0.05) is 6.92 Å². The lowest BCUT2D eigenvalue weighted by Gasteiger charge is -2.33. The molecule has 0 atom stereocenters. The highest BCUT2D eigenvalue weighted by Gasteiger charge is 2.36. The lowest BCUT2D eigenvalue weighted by molar-refractivity contribution is -0.0160. The minimum absolute atomic E-state index is 0.0115. The fourth-order valence-corrected chi connectivity index (χ4v) is 3.89. The smallest absolute Gasteiger partial charge is 0.267 e. The lowest BCUT2D eigenvalue weighted by Crippen LogP contribution is -2.31. The topological polar surface area (TPSA) is 72.4 Å². The Bertz CT molecular complexity index is 1030. The number of fused-ring (bicyclic) bond motifs is 1. The molecule has 3 aromatic heterocycles. The van der Waals surface area contributed by atoms with Crippen molar-refractivity contribution >= 4 is 5.52 Å². The monoisotopic (exact) mass is 366 g/mol. The second-order valence-corrected chi connectivity index (χ2v) is 8.09. The summed E-state index contributed by atoms with van der Waals surface area (Å²) in [5.41, 5.74) is 2.27. The molecule has 27 heavy (non-hydrogen) atoms. The third kappa shape index (κ3) is 3.18. The standard InChI is InChI=1S/C21H26N4O2/c1-14(2)25-20(26)7-6-17(22-25)16-5-4-12-24-18(16)13-19(23-24)21(27)10-8-15(3)9-11-21/h4-7,12-15,27H,8-11H2,1-3H3. The molecule has 0 bridgehead atoms. The van der Waals surface area contributed by atoms with Crippen LogP contribution in [0.25, 0.3) is 16.8 Å². The number of nitrogens with zero attached hydrogens (tertiary/aromatic N) is 4. The Morgan fingerprint density at radius 2 is 1.93 bits per heavy atom. The number of hydrogen-bond donors (Lipinski definition) is 1. The van der Waals surface area contributed by atoms with Crippen LogP contribution in [0.3, 0.4) is 0 Å². The Kier molecular flexibility index (Phi) is 4.38. The number of aromatic nitrogens is 4. The van der Waals surface area contributed by atoms with Crippen LogP contribution < -0.4 is 5.56 Å². The molecule has 0 radical (unpaired) electrons. The van der Waals surface area contributed by atoms with Crippen LogP contribution in [-0.4, -0.2) is 24.5 Å². The van der Waals surface area contributed by atoms with Crippen molar-refractivity contribution in [2.45, 2.75) is 58.1 Å². The molecule has 0 saturated heterocycles. The van der Waals surface area contributed by atoms with Crippen molar-refractivity contribution in [1.29, 1.82) is 0 Å². The summed E-state index contributed by atoms with van der Waals surface area (Å²) in [6, 6.07) is 9.16. The Hall–Kier alpha value is -2.47. The van der Waals surface area contributed by atoms with Gasteiger partial charge in [0.1, 0.15) is 5.60 Å². The SMILES string of the molecule is CC1CCC(O)(c2cc3c(-c4ccc(=O)n(C(C)C)n4)cccn3n2)CC1. The third-order valence-electron chi connectivity index (χ3n) is 5.67. The fourth-order valence-electron chi connectivity index (χ4n) is 3.89. The molecule has 0 aromatic carbocycles. The van der Waals surface area contributed by atoms with E-state index < -0.39 is 5.60 Å². The minimum atomic E-state index is -0.861. The second-order valence-electron chi connectivity index (χ2n) is 8.09. The molecule has 0 spiro atoms. The minimum Gasteiger partial charge on any atom is -0.383 e. The van der Waals surface area contributed by atoms with Gasteiger partial charge in [0.2, 0.25) is 0 Å². The van der Waals surface area contributed by atoms with Crippen LogP contribution in [0.4, 0.5) is 0 Å². The molecule has 0 unspecified atom stereocenters. The van der Waals surface area contributed by atoms with E-state index in [9.17, 15) is 9.90 Å². The first kappa shape index (κ1) is 17.9. The summed E-state index contributed by atoms with van der Waals surface area (Å²) in [6.07, 6.45) is 5.39. The van der Waals surface area contributed by atoms with Crippen molar-refractivity contribution in [3.05, 3.63) is 52.6 Å². The molecule has 3 heterocycles. The first-order chi connectivity index (χ1) is 12.9. The van der Waals surface area contributed by atoms with E-state index in [1.165, 1.54) is 4.68 Å². The van der Waals surface area contributed by atoms with Gasteiger partial charge in [0.15, 0.2) is 0 Å². The summed E-state index contributed by atoms with van der Waals surface area (Å²) in [6.45, 7) is 6.11. The molecule has 1 aliphatic rings. The Labute approximate surface area is 158 Å². The molecule has 1 saturated carbocycles. The average molecular weight is 366 g/mol. The van der Waals surface area contributed by atoms with Crippen LogP contribution in [0.2, 0.25) is 0 Å². The van der Waals surface area contributed by atoms with E-state index >= 15 is 0 Å². The van der Waals surface area contributed by atoms with Gasteiger partial charge in [-0.15, -0.1) is 0 Å². The predicted octanol–water partition coefficient (Wildman–Crippen LogP) is 3.54. The molecule has 6 heteroatoms. The quantitative estimate of drug-likeness (QED) is 0.770. The molecule has 3 aromatic rings. The maximum atomic E-state index is 12.0. The van der Waals surface area contributed by atoms with Crippen LogP contribution in [0.1, 0.15) is 58.2 Å². The Morgan fingerprint density at radius 1 is 1.19 bits per heavy atom. The molecule has 142 valence electrons. The predicted molar refractivity (Wildman–Crippen MR) is 105 cm³/mol. The van der Waals surface area contributed by atoms with Crippen molar-refractivity contribution in [2.75, 3.05) is 0 Å². The first-order valence-electron chi connectivity index (χ1n) is 9.69. The molecule has 4 rings (SSSR count). The van der Waals surface area contributed by atoms with E-state index in [1.807, 2.05) is 38.2 Å². The summed E-state index contributed by atoms with van der Waals surface area (Å²) in [7, 11) is 0. The van der Waals surface area contributed by atoms with Crippen molar-refractivity contribution in [3.8, 4) is 11.3 Å². The van der Waals surface area contributed by atoms with Crippen molar-refractivity contribution < 1.29 is 5.11 Å². The third-order valence-corrected chi connectivity index (χ3v) is 5.67. The first-order valence-corrected chi connectivity index (χ1v) is 9.69. The molecule has 0 amide bonds. The van der Waals surface area contributed by atoms with E-state index in [0.717, 1.165) is 48.2 Å². The second kappa shape index (κ2) is 6.60. The number of pyridine rings is 1. The van der Waals surface area contributed by atoms with Gasteiger partial charge in [0.05, 0.1) is 22.9 Å². The van der Waals surface area contributed by atoms with Gasteiger partial charge in [-0.2, -0.15) is 10.2 Å². The molecular formula is C21H26N4O2. The van der Waals surface area contributed by atoms with Crippen LogP contribution in [0.15, 0.2) is 41.3 Å². The maximum Gasteiger partial charge on any atom is 0.267 e. The van der Waals surface area contributed by atoms with Crippen molar-refractivity contribution in [3.63, 3.8) is 0 Å². The van der Waals surface area contributed by atoms with Crippen LogP contribution in [0, 0.1) is 5.92 Å². The summed E-state index contributed by atoms with van der Waals surface area (Å²) < 4.78 is 3.29. The van der Waals surface area contributed by atoms with Crippen molar-refractivity contribution in [1.82, 2.24) is 19.4 Å². The number of hydrogen-bond acceptors (Lipinski definition) is 4. The van der Waals surface area contributed by atoms with Gasteiger partial charge in [-0.25, -0.2) is 9.20 Å². The van der Waals surface area contributed by atoms with E-state index in [4.69, 9.17) is 0 Å². The summed E-state index contributed by atoms with van der Waals surface area (Å²) in [4.78, 5) is 12.0. The zero-order chi connectivity index (χ0) is 19.2. The molecule has 6 nitrogen and oxygen atoms in total. The molecule has 1 N–H and O–H groups in total. The fraction of sp³-hybridized carbons (Fsp3) is 0.476. The van der Waals surface area contributed by atoms with Gasteiger partial charge in [-0.3, -0.25) is 4.79 Å². The summed E-state index contributed by atoms with van der Waals surface area (Å²) in [5, 5.41) is 20.3. The highest BCUT2D eigenvalue weighted by molar-refractivity contribution is 5.78. The summed E-state index contributed by atoms with van der Waals surface area (Å²) >= 11 is 0. The van der Waals surface area contributed by atoms with Gasteiger partial charge >= 0.3 is 0 Å². The van der Waals surface area contributed by atoms with Crippen molar-refractivity contribution in [2.24, 2.45) is 5.92 Å². The molecule has 1 fully saturated rings. The zero-order valence-corrected chi connectivity index (χ0v) is 16.1. The van der Waals surface area contributed by atoms with Gasteiger partial charge < -0.3 is 5.11 Å².